The fraction of sp³-hybridized carbons (Fsp3) is 0.333. The molecule has 1 aromatic carbocycles. The first-order valence-corrected chi connectivity index (χ1v) is 5.45. The summed E-state index contributed by atoms with van der Waals surface area (Å²) in [6.45, 7) is 0. The molecule has 1 rings (SSSR count). The minimum atomic E-state index is -5.12. The summed E-state index contributed by atoms with van der Waals surface area (Å²) in [6.07, 6.45) is -4.24. The van der Waals surface area contributed by atoms with Gasteiger partial charge in [0.05, 0.1) is 33.1 Å². The zero-order valence-electron chi connectivity index (χ0n) is 11.4. The number of nitrogens with zero attached hydrogens (tertiary/aromatic N) is 1. The van der Waals surface area contributed by atoms with Crippen molar-refractivity contribution in [2.45, 2.75) is 6.18 Å². The van der Waals surface area contributed by atoms with Gasteiger partial charge in [-0.2, -0.15) is 13.2 Å². The molecule has 0 radical (unpaired) electrons. The average molecular weight is 307 g/mol. The van der Waals surface area contributed by atoms with Crippen molar-refractivity contribution in [2.75, 3.05) is 21.3 Å². The summed E-state index contributed by atoms with van der Waals surface area (Å²) in [5.74, 6) is -1.57. The van der Waals surface area contributed by atoms with Crippen LogP contribution in [0.3, 0.4) is 0 Å². The number of carbonyl (C=O) groups is 1. The van der Waals surface area contributed by atoms with Crippen LogP contribution >= 0.6 is 0 Å². The van der Waals surface area contributed by atoms with E-state index in [2.05, 4.69) is 9.99 Å². The second-order valence-corrected chi connectivity index (χ2v) is 3.56. The Morgan fingerprint density at radius 1 is 1.10 bits per heavy atom. The van der Waals surface area contributed by atoms with Gasteiger partial charge in [0.25, 0.3) is 0 Å². The van der Waals surface area contributed by atoms with E-state index in [1.807, 2.05) is 0 Å². The van der Waals surface area contributed by atoms with E-state index < -0.39 is 12.1 Å². The van der Waals surface area contributed by atoms with Gasteiger partial charge in [0.2, 0.25) is 0 Å². The number of ether oxygens (including phenoxy) is 3. The molecule has 21 heavy (non-hydrogen) atoms. The van der Waals surface area contributed by atoms with Crippen LogP contribution in [0.1, 0.15) is 5.56 Å². The van der Waals surface area contributed by atoms with Gasteiger partial charge < -0.3 is 19.0 Å². The molecule has 0 saturated carbocycles. The van der Waals surface area contributed by atoms with Gasteiger partial charge in [-0.05, 0) is 0 Å². The van der Waals surface area contributed by atoms with Crippen molar-refractivity contribution >= 4 is 12.2 Å². The number of hydrogen-bond donors (Lipinski definition) is 0. The Kier molecular flexibility index (Phi) is 5.39. The van der Waals surface area contributed by atoms with Crippen LogP contribution in [0, 0.1) is 0 Å². The fourth-order valence-corrected chi connectivity index (χ4v) is 1.34. The van der Waals surface area contributed by atoms with Crippen LogP contribution in [-0.2, 0) is 9.63 Å². The number of benzene rings is 1. The molecule has 0 spiro atoms. The number of alkyl halides is 3. The molecular formula is C12H12F3NO5. The summed E-state index contributed by atoms with van der Waals surface area (Å²) >= 11 is 0. The molecule has 6 nitrogen and oxygen atoms in total. The van der Waals surface area contributed by atoms with Gasteiger partial charge in [0, 0.05) is 12.1 Å². The predicted octanol–water partition coefficient (Wildman–Crippen LogP) is 2.15. The third kappa shape index (κ3) is 4.26. The lowest BCUT2D eigenvalue weighted by atomic mass is 10.2. The summed E-state index contributed by atoms with van der Waals surface area (Å²) in [5.41, 5.74) is 0.191. The largest absolute Gasteiger partial charge is 0.496 e. The highest BCUT2D eigenvalue weighted by Gasteiger charge is 2.41. The van der Waals surface area contributed by atoms with Crippen molar-refractivity contribution in [2.24, 2.45) is 5.16 Å². The van der Waals surface area contributed by atoms with Crippen molar-refractivity contribution in [1.82, 2.24) is 0 Å². The van der Waals surface area contributed by atoms with Crippen LogP contribution in [-0.4, -0.2) is 39.7 Å². The molecule has 0 saturated heterocycles. The van der Waals surface area contributed by atoms with Gasteiger partial charge in [-0.1, -0.05) is 5.16 Å². The van der Waals surface area contributed by atoms with Gasteiger partial charge in [-0.15, -0.1) is 0 Å². The molecule has 0 aliphatic heterocycles. The Balaban J connectivity index is 3.04. The Labute approximate surface area is 118 Å². The highest BCUT2D eigenvalue weighted by atomic mass is 19.4. The second-order valence-electron chi connectivity index (χ2n) is 3.56. The first kappa shape index (κ1) is 16.6. The molecule has 116 valence electrons. The maximum absolute atomic E-state index is 12.0. The van der Waals surface area contributed by atoms with E-state index in [4.69, 9.17) is 14.2 Å². The minimum Gasteiger partial charge on any atom is -0.496 e. The van der Waals surface area contributed by atoms with Gasteiger partial charge in [0.15, 0.2) is 0 Å². The molecule has 0 aromatic heterocycles. The third-order valence-corrected chi connectivity index (χ3v) is 2.30. The van der Waals surface area contributed by atoms with E-state index >= 15 is 0 Å². The van der Waals surface area contributed by atoms with E-state index in [0.717, 1.165) is 6.21 Å². The fourth-order valence-electron chi connectivity index (χ4n) is 1.34. The van der Waals surface area contributed by atoms with E-state index in [1.165, 1.54) is 33.5 Å². The normalized spacial score (nSPS) is 11.3. The van der Waals surface area contributed by atoms with Gasteiger partial charge in [-0.25, -0.2) is 4.79 Å². The molecule has 9 heteroatoms. The summed E-state index contributed by atoms with van der Waals surface area (Å²) in [7, 11) is 4.10. The number of oxime groups is 1. The molecule has 0 fully saturated rings. The summed E-state index contributed by atoms with van der Waals surface area (Å²) < 4.78 is 50.9. The van der Waals surface area contributed by atoms with E-state index in [9.17, 15) is 18.0 Å². The third-order valence-electron chi connectivity index (χ3n) is 2.30. The monoisotopic (exact) mass is 307 g/mol. The molecular weight excluding hydrogens is 295 g/mol. The number of halogens is 3. The van der Waals surface area contributed by atoms with Crippen LogP contribution in [0.15, 0.2) is 17.3 Å². The van der Waals surface area contributed by atoms with Crippen molar-refractivity contribution in [3.05, 3.63) is 17.7 Å². The van der Waals surface area contributed by atoms with Crippen LogP contribution in [0.4, 0.5) is 13.2 Å². The number of methoxy groups -OCH3 is 3. The lowest BCUT2D eigenvalue weighted by molar-refractivity contribution is -0.199. The van der Waals surface area contributed by atoms with Crippen molar-refractivity contribution < 1.29 is 37.0 Å². The highest BCUT2D eigenvalue weighted by Crippen LogP contribution is 2.32. The van der Waals surface area contributed by atoms with E-state index in [0.29, 0.717) is 5.75 Å². The summed E-state index contributed by atoms with van der Waals surface area (Å²) in [6, 6.07) is 2.94. The van der Waals surface area contributed by atoms with Gasteiger partial charge in [0.1, 0.15) is 17.2 Å². The Bertz CT molecular complexity index is 517. The second kappa shape index (κ2) is 6.82. The summed E-state index contributed by atoms with van der Waals surface area (Å²) in [4.78, 5) is 14.2. The number of rotatable bonds is 5. The molecule has 0 N–H and O–H groups in total. The maximum Gasteiger partial charge on any atom is 0.493 e. The predicted molar refractivity (Wildman–Crippen MR) is 65.8 cm³/mol. The van der Waals surface area contributed by atoms with Crippen LogP contribution < -0.4 is 14.2 Å². The van der Waals surface area contributed by atoms with Crippen molar-refractivity contribution in [3.63, 3.8) is 0 Å². The molecule has 0 heterocycles. The van der Waals surface area contributed by atoms with Crippen LogP contribution in [0.5, 0.6) is 17.2 Å². The van der Waals surface area contributed by atoms with Crippen LogP contribution in [0.2, 0.25) is 0 Å². The lowest BCUT2D eigenvalue weighted by Crippen LogP contribution is -2.23. The molecule has 0 aliphatic rings. The van der Waals surface area contributed by atoms with Gasteiger partial charge >= 0.3 is 12.1 Å². The van der Waals surface area contributed by atoms with E-state index in [-0.39, 0.29) is 17.1 Å². The first-order chi connectivity index (χ1) is 9.83. The Morgan fingerprint density at radius 2 is 1.62 bits per heavy atom. The SMILES string of the molecule is COc1cc(OC)c(/C=N\OC(=O)C(F)(F)F)c(OC)c1. The van der Waals surface area contributed by atoms with Crippen LogP contribution in [0.25, 0.3) is 0 Å². The number of hydrogen-bond acceptors (Lipinski definition) is 6. The standard InChI is InChI=1S/C12H12F3NO5/c1-18-7-4-9(19-2)8(10(5-7)20-3)6-16-21-11(17)12(13,14)15/h4-6H,1-3H3/b16-6-. The molecule has 0 unspecified atom stereocenters. The molecule has 1 aromatic rings. The molecule has 0 atom stereocenters. The van der Waals surface area contributed by atoms with Crippen molar-refractivity contribution in [3.8, 4) is 17.2 Å². The first-order valence-electron chi connectivity index (χ1n) is 5.45. The highest BCUT2D eigenvalue weighted by molar-refractivity contribution is 5.88. The van der Waals surface area contributed by atoms with Crippen molar-refractivity contribution in [1.29, 1.82) is 0 Å². The quantitative estimate of drug-likeness (QED) is 0.474. The maximum atomic E-state index is 12.0. The zero-order chi connectivity index (χ0) is 16.0. The Morgan fingerprint density at radius 3 is 2.00 bits per heavy atom. The average Bonchev–Trinajstić information content (AvgIpc) is 2.45. The lowest BCUT2D eigenvalue weighted by Gasteiger charge is -2.11. The van der Waals surface area contributed by atoms with Gasteiger partial charge in [-0.3, -0.25) is 0 Å². The van der Waals surface area contributed by atoms with E-state index in [1.54, 1.807) is 0 Å². The molecule has 0 bridgehead atoms. The molecule has 0 aliphatic carbocycles. The zero-order valence-corrected chi connectivity index (χ0v) is 11.4. The summed E-state index contributed by atoms with van der Waals surface area (Å²) in [5, 5.41) is 2.99. The number of carbonyl (C=O) groups excluding carboxylic acids is 1. The molecule has 0 amide bonds. The smallest absolute Gasteiger partial charge is 0.493 e. The minimum absolute atomic E-state index is 0.191. The topological polar surface area (TPSA) is 66.3 Å². The Hall–Kier alpha value is -2.45.